The molecule has 3 aromatic heterocycles. The van der Waals surface area contributed by atoms with Gasteiger partial charge in [0, 0.05) is 78.2 Å². The molecule has 678 valence electrons. The van der Waals surface area contributed by atoms with E-state index in [4.69, 9.17) is 24.5 Å². The number of H-pyrrole nitrogens is 1. The lowest BCUT2D eigenvalue weighted by atomic mass is 9.88. The van der Waals surface area contributed by atoms with E-state index in [1.807, 2.05) is 37.3 Å². The van der Waals surface area contributed by atoms with Crippen LogP contribution in [-0.2, 0) is 73.7 Å². The predicted octanol–water partition coefficient (Wildman–Crippen LogP) is 9.32. The molecule has 8 aliphatic rings. The Bertz CT molecular complexity index is 6890. The maximum absolute atomic E-state index is 13.3. The third kappa shape index (κ3) is 17.5. The number of aryl methyl sites for hydroxylation is 2. The molecule has 0 aliphatic carbocycles. The summed E-state index contributed by atoms with van der Waals surface area (Å²) in [6.07, 6.45) is 0.561. The molecule has 19 rings (SSSR count). The van der Waals surface area contributed by atoms with Crippen molar-refractivity contribution in [1.82, 2.24) is 77.3 Å². The number of imide groups is 4. The van der Waals surface area contributed by atoms with Crippen LogP contribution in [0.25, 0.3) is 33.4 Å². The van der Waals surface area contributed by atoms with Crippen LogP contribution in [0.2, 0.25) is 0 Å². The number of aromatic hydroxyl groups is 1. The van der Waals surface area contributed by atoms with Crippen LogP contribution in [0.3, 0.4) is 0 Å². The predicted molar refractivity (Wildman–Crippen MR) is 474 cm³/mol. The number of hydrogen-bond donors (Lipinski definition) is 11. The molecule has 4 saturated heterocycles. The van der Waals surface area contributed by atoms with E-state index < -0.39 is 81.6 Å². The number of aromatic amines is 1. The van der Waals surface area contributed by atoms with Gasteiger partial charge in [-0.05, 0) is 173 Å². The molecule has 4 atom stereocenters. The second-order valence-electron chi connectivity index (χ2n) is 32.3. The largest absolute Gasteiger partial charge is 0.508 e. The first-order valence-corrected chi connectivity index (χ1v) is 41.6. The number of benzene rings is 8. The SMILES string of the molecule is CC#CCOc1ccc2c(c1)C(=O)N(C[C@@]1(c3ccc(-c4ccc[nH]c4=O)cc3)NC(=O)NC1=O)C2.CC#CCOc1ccc2c(c1)C(=O)N(C[C@@]1(c3ccc(-c4cncc(C)c4)cc3)NC(=O)NC1=O)C2.COc1ccc2c(c1)C(=O)N(CC1(c3ccc(C(F)(F)F)cc3)NC(=O)NC1=O)C2.Cc1onc(N)c1-c1ccc([C@@]2(CN3Cc4ccc(O)cc4C3=O)NC(=O)NC2=O)cc1. The van der Waals surface area contributed by atoms with Gasteiger partial charge in [0.25, 0.3) is 52.8 Å². The van der Waals surface area contributed by atoms with Crippen LogP contribution in [0.4, 0.5) is 38.2 Å². The lowest BCUT2D eigenvalue weighted by Crippen LogP contribution is -2.52. The molecule has 4 fully saturated rings. The first-order chi connectivity index (χ1) is 64.2. The Morgan fingerprint density at radius 3 is 1.18 bits per heavy atom. The number of urea groups is 4. The monoisotopic (exact) mass is 1810 g/mol. The lowest BCUT2D eigenvalue weighted by molar-refractivity contribution is -0.137. The average Bonchev–Trinajstić information content (AvgIpc) is 1.60. The number of anilines is 1. The quantitative estimate of drug-likeness (QED) is 0.0250. The van der Waals surface area contributed by atoms with Gasteiger partial charge in [-0.15, -0.1) is 11.8 Å². The topological polar surface area (TPSA) is 460 Å². The number of amides is 16. The summed E-state index contributed by atoms with van der Waals surface area (Å²) >= 11 is 0. The minimum Gasteiger partial charge on any atom is -0.508 e. The summed E-state index contributed by atoms with van der Waals surface area (Å²) in [6, 6.07) is 47.9. The number of nitrogens with zero attached hydrogens (tertiary/aromatic N) is 6. The fourth-order valence-corrected chi connectivity index (χ4v) is 17.2. The number of nitrogens with one attached hydrogen (secondary N) is 9. The van der Waals surface area contributed by atoms with Crippen molar-refractivity contribution in [3.05, 3.63) is 301 Å². The van der Waals surface area contributed by atoms with Crippen molar-refractivity contribution in [3.63, 3.8) is 0 Å². The number of nitrogens with two attached hydrogens (primary N) is 1. The standard InChI is InChI=1S/C28H24N4O4.C27H22N4O5.C22H19N5O5.C20H16F3N3O4/c1-3-4-11-36-23-10-7-20-16-32(25(33)24(20)13-23)17-28(26(34)30-27(35)31-28)22-8-5-19(6-9-22)21-12-18(2)14-29-15-21;1-2-3-13-36-20-11-8-18-15-31(24(33)22(18)14-20)16-27(25(34)29-26(35)30-27)19-9-6-17(7-10-19)21-5-4-12-28-23(21)32;1-11-17(18(23)26-32-11)12-2-5-14(6-3-12)22(20(30)24-21(31)25-22)10-27-9-13-4-7-15(28)8-16(13)19(27)29;1-30-14-7-2-11-9-26(16(27)15(11)8-14)10-19(17(28)24-18(29)25-19)12-3-5-13(6-4-12)20(21,22)23/h5-10,12-15H,11,16-17H2,1-2H3,(H2,30,31,34,35);4-12,14H,13,15-16H2,1H3,(H,28,32)(H2,29,30,34,35);2-8,28H,9-10H2,1H3,(H2,23,26)(H2,24,25,30,31);2-8H,9-10H2,1H3,(H2,24,25,28,29)/t28-;27-;22-;/m001./s1. The Balaban J connectivity index is 0.000000130. The van der Waals surface area contributed by atoms with Gasteiger partial charge in [0.2, 0.25) is 0 Å². The van der Waals surface area contributed by atoms with Crippen LogP contribution in [-0.4, -0.2) is 158 Å². The summed E-state index contributed by atoms with van der Waals surface area (Å²) in [5, 5.41) is 33.2. The highest BCUT2D eigenvalue weighted by atomic mass is 19.4. The Hall–Kier alpha value is -17.4. The van der Waals surface area contributed by atoms with E-state index in [1.54, 1.807) is 166 Å². The number of carbonyl (C=O) groups is 12. The fraction of sp³-hybridized carbons (Fsp3) is 0.206. The number of methoxy groups -OCH3 is 1. The van der Waals surface area contributed by atoms with Crippen molar-refractivity contribution in [3.8, 4) is 80.1 Å². The van der Waals surface area contributed by atoms with Crippen molar-refractivity contribution < 1.29 is 94.5 Å². The van der Waals surface area contributed by atoms with E-state index >= 15 is 0 Å². The minimum atomic E-state index is -4.54. The van der Waals surface area contributed by atoms with Gasteiger partial charge >= 0.3 is 30.3 Å². The molecule has 0 bridgehead atoms. The number of halogens is 3. The van der Waals surface area contributed by atoms with Crippen molar-refractivity contribution in [2.45, 2.75) is 82.2 Å². The van der Waals surface area contributed by atoms with Crippen LogP contribution >= 0.6 is 0 Å². The molecule has 37 heteroatoms. The third-order valence-electron chi connectivity index (χ3n) is 23.9. The van der Waals surface area contributed by atoms with Gasteiger partial charge in [0.05, 0.1) is 44.4 Å². The molecule has 11 aromatic rings. The van der Waals surface area contributed by atoms with Crippen LogP contribution in [0.15, 0.2) is 216 Å². The van der Waals surface area contributed by atoms with E-state index in [0.29, 0.717) is 90.8 Å². The molecular formula is C97H81F3N16O18. The van der Waals surface area contributed by atoms with Gasteiger partial charge in [0.1, 0.15) is 42.0 Å². The second-order valence-corrected chi connectivity index (χ2v) is 32.3. The zero-order valence-electron chi connectivity index (χ0n) is 72.0. The minimum absolute atomic E-state index is 0.0130. The number of phenols is 1. The zero-order valence-corrected chi connectivity index (χ0v) is 72.0. The highest BCUT2D eigenvalue weighted by molar-refractivity contribution is 6.12. The Labute approximate surface area is 760 Å². The van der Waals surface area contributed by atoms with Crippen molar-refractivity contribution in [2.24, 2.45) is 0 Å². The summed E-state index contributed by atoms with van der Waals surface area (Å²) in [5.74, 6) is 9.98. The zero-order chi connectivity index (χ0) is 94.9. The maximum Gasteiger partial charge on any atom is 0.416 e. The number of carbonyl (C=O) groups excluding carboxylic acids is 12. The fourth-order valence-electron chi connectivity index (χ4n) is 17.2. The van der Waals surface area contributed by atoms with Gasteiger partial charge < -0.3 is 75.4 Å². The third-order valence-corrected chi connectivity index (χ3v) is 23.9. The Kier molecular flexibility index (Phi) is 24.4. The summed E-state index contributed by atoms with van der Waals surface area (Å²) in [7, 11) is 1.47. The number of alkyl halides is 3. The molecule has 11 heterocycles. The second kappa shape index (κ2) is 36.3. The molecule has 0 spiro atoms. The molecule has 34 nitrogen and oxygen atoms in total. The molecule has 134 heavy (non-hydrogen) atoms. The molecule has 0 saturated carbocycles. The van der Waals surface area contributed by atoms with Crippen LogP contribution < -0.4 is 68.0 Å². The van der Waals surface area contributed by atoms with Gasteiger partial charge in [-0.3, -0.25) is 69.4 Å². The van der Waals surface area contributed by atoms with Gasteiger partial charge in [0.15, 0.2) is 28.0 Å². The number of ether oxygens (including phenoxy) is 3. The van der Waals surface area contributed by atoms with Crippen molar-refractivity contribution >= 4 is 77.2 Å². The normalized spacial score (nSPS) is 19.2. The number of nitrogen functional groups attached to an aromatic ring is 1. The maximum atomic E-state index is 13.3. The number of rotatable bonds is 20. The van der Waals surface area contributed by atoms with E-state index in [0.717, 1.165) is 63.2 Å². The molecule has 8 aliphatic heterocycles. The first kappa shape index (κ1) is 90.0. The highest BCUT2D eigenvalue weighted by Crippen LogP contribution is 2.41. The van der Waals surface area contributed by atoms with Gasteiger partial charge in [-0.1, -0.05) is 126 Å². The van der Waals surface area contributed by atoms with E-state index in [-0.39, 0.29) is 105 Å². The Morgan fingerprint density at radius 1 is 0.448 bits per heavy atom. The van der Waals surface area contributed by atoms with Crippen LogP contribution in [0.5, 0.6) is 23.0 Å². The summed E-state index contributed by atoms with van der Waals surface area (Å²) in [4.78, 5) is 178. The Morgan fingerprint density at radius 2 is 0.821 bits per heavy atom. The van der Waals surface area contributed by atoms with Crippen molar-refractivity contribution in [2.75, 3.05) is 52.2 Å². The molecule has 16 amide bonds. The molecule has 1 unspecified atom stereocenters. The van der Waals surface area contributed by atoms with E-state index in [1.165, 1.54) is 33.9 Å². The first-order valence-electron chi connectivity index (χ1n) is 41.6. The lowest BCUT2D eigenvalue weighted by Gasteiger charge is -2.31. The molecule has 0 radical (unpaired) electrons. The molecule has 12 N–H and O–H groups in total. The van der Waals surface area contributed by atoms with E-state index in [9.17, 15) is 80.6 Å². The van der Waals surface area contributed by atoms with E-state index in [2.05, 4.69) is 81.3 Å². The molecule has 8 aromatic carbocycles. The van der Waals surface area contributed by atoms with Crippen molar-refractivity contribution in [1.29, 1.82) is 0 Å². The number of fused-ring (bicyclic) bond motifs is 4. The van der Waals surface area contributed by atoms with Crippen LogP contribution in [0, 0.1) is 37.5 Å². The molecular weight excluding hydrogens is 1730 g/mol. The summed E-state index contributed by atoms with van der Waals surface area (Å²) < 4.78 is 60.1. The number of pyridine rings is 2. The summed E-state index contributed by atoms with van der Waals surface area (Å²) in [6.45, 7) is 8.25. The number of phenolic OH excluding ortho intramolecular Hbond substituents is 1. The summed E-state index contributed by atoms with van der Waals surface area (Å²) in [5.41, 5.74) is 10.7. The number of aromatic nitrogens is 3. The van der Waals surface area contributed by atoms with Crippen LogP contribution in [0.1, 0.15) is 117 Å². The average molecular weight is 1820 g/mol. The van der Waals surface area contributed by atoms with Gasteiger partial charge in [-0.25, -0.2) is 19.2 Å². The smallest absolute Gasteiger partial charge is 0.416 e. The number of hydrogen-bond acceptors (Lipinski definition) is 21. The van der Waals surface area contributed by atoms with Gasteiger partial charge in [-0.2, -0.15) is 13.2 Å². The highest BCUT2D eigenvalue weighted by Gasteiger charge is 2.55.